The molecule has 94 valence electrons. The molecule has 0 aliphatic heterocycles. The van der Waals surface area contributed by atoms with Crippen molar-refractivity contribution in [1.29, 1.82) is 0 Å². The van der Waals surface area contributed by atoms with Gasteiger partial charge in [-0.15, -0.1) is 0 Å². The van der Waals surface area contributed by atoms with E-state index in [2.05, 4.69) is 36.8 Å². The van der Waals surface area contributed by atoms with Gasteiger partial charge < -0.3 is 0 Å². The Balaban J connectivity index is 2.40. The van der Waals surface area contributed by atoms with E-state index in [-0.39, 0.29) is 16.8 Å². The van der Waals surface area contributed by atoms with Crippen LogP contribution in [0.25, 0.3) is 0 Å². The van der Waals surface area contributed by atoms with Gasteiger partial charge in [0.05, 0.1) is 15.5 Å². The molecule has 2 aromatic rings. The van der Waals surface area contributed by atoms with E-state index in [4.69, 9.17) is 0 Å². The Morgan fingerprint density at radius 2 is 1.94 bits per heavy atom. The van der Waals surface area contributed by atoms with E-state index in [1.54, 1.807) is 12.1 Å². The van der Waals surface area contributed by atoms with Crippen LogP contribution < -0.4 is 11.2 Å². The zero-order valence-corrected chi connectivity index (χ0v) is 12.1. The molecule has 4 nitrogen and oxygen atoms in total. The second kappa shape index (κ2) is 5.19. The highest BCUT2D eigenvalue weighted by Gasteiger charge is 2.05. The highest BCUT2D eigenvalue weighted by molar-refractivity contribution is 9.10. The molecule has 0 atom stereocenters. The van der Waals surface area contributed by atoms with Gasteiger partial charge in [-0.2, -0.15) is 0 Å². The Labute approximate surface area is 118 Å². The number of nitrogens with zero attached hydrogens (tertiary/aromatic N) is 1. The fourth-order valence-corrected chi connectivity index (χ4v) is 2.21. The van der Waals surface area contributed by atoms with Gasteiger partial charge in [-0.3, -0.25) is 14.3 Å². The van der Waals surface area contributed by atoms with Crippen LogP contribution in [0.1, 0.15) is 5.56 Å². The second-order valence-corrected chi connectivity index (χ2v) is 5.32. The number of H-pyrrole nitrogens is 1. The Morgan fingerprint density at radius 1 is 1.22 bits per heavy atom. The minimum atomic E-state index is -0.511. The Kier molecular flexibility index (Phi) is 3.82. The van der Waals surface area contributed by atoms with E-state index in [0.717, 1.165) is 5.56 Å². The van der Waals surface area contributed by atoms with Crippen molar-refractivity contribution in [2.24, 2.45) is 0 Å². The summed E-state index contributed by atoms with van der Waals surface area (Å²) in [5.74, 6) is -0.367. The molecule has 0 bridgehead atoms. The molecule has 0 saturated carbocycles. The molecule has 18 heavy (non-hydrogen) atoms. The molecule has 0 saturated heterocycles. The predicted molar refractivity (Wildman–Crippen MR) is 72.2 cm³/mol. The van der Waals surface area contributed by atoms with E-state index >= 15 is 0 Å². The SMILES string of the molecule is O=c1[nH]c(=O)n(Cc2ccc(F)c(Br)c2)cc1Br. The monoisotopic (exact) mass is 376 g/mol. The smallest absolute Gasteiger partial charge is 0.295 e. The van der Waals surface area contributed by atoms with Crippen LogP contribution in [-0.4, -0.2) is 9.55 Å². The van der Waals surface area contributed by atoms with Gasteiger partial charge in [0.25, 0.3) is 5.56 Å². The maximum Gasteiger partial charge on any atom is 0.328 e. The predicted octanol–water partition coefficient (Wildman–Crippen LogP) is 2.25. The average molecular weight is 378 g/mol. The van der Waals surface area contributed by atoms with Crippen molar-refractivity contribution in [2.45, 2.75) is 6.54 Å². The lowest BCUT2D eigenvalue weighted by Gasteiger charge is -2.06. The average Bonchev–Trinajstić information content (AvgIpc) is 2.31. The van der Waals surface area contributed by atoms with Crippen LogP contribution in [0.4, 0.5) is 4.39 Å². The summed E-state index contributed by atoms with van der Waals surface area (Å²) in [5.41, 5.74) is -0.246. The minimum absolute atomic E-state index is 0.243. The van der Waals surface area contributed by atoms with Gasteiger partial charge in [-0.25, -0.2) is 9.18 Å². The summed E-state index contributed by atoms with van der Waals surface area (Å²) in [6.07, 6.45) is 1.40. The van der Waals surface area contributed by atoms with Crippen LogP contribution in [0.15, 0.2) is 42.9 Å². The van der Waals surface area contributed by atoms with Crippen molar-refractivity contribution in [2.75, 3.05) is 0 Å². The number of hydrogen-bond donors (Lipinski definition) is 1. The van der Waals surface area contributed by atoms with E-state index in [1.807, 2.05) is 0 Å². The van der Waals surface area contributed by atoms with Crippen LogP contribution in [0.5, 0.6) is 0 Å². The van der Waals surface area contributed by atoms with Crippen molar-refractivity contribution >= 4 is 31.9 Å². The molecule has 1 N–H and O–H groups in total. The first kappa shape index (κ1) is 13.2. The maximum atomic E-state index is 13.1. The number of nitrogens with one attached hydrogen (secondary N) is 1. The van der Waals surface area contributed by atoms with Gasteiger partial charge in [-0.1, -0.05) is 6.07 Å². The maximum absolute atomic E-state index is 13.1. The molecule has 1 aromatic heterocycles. The third kappa shape index (κ3) is 2.78. The molecule has 1 aromatic carbocycles. The first-order valence-corrected chi connectivity index (χ1v) is 6.49. The zero-order valence-electron chi connectivity index (χ0n) is 8.91. The van der Waals surface area contributed by atoms with Gasteiger partial charge in [0, 0.05) is 6.20 Å². The standard InChI is InChI=1S/C11H7Br2FN2O2/c12-7-3-6(1-2-9(7)14)4-16-5-8(13)10(17)15-11(16)18/h1-3,5H,4H2,(H,15,17,18). The molecule has 1 heterocycles. The van der Waals surface area contributed by atoms with Crippen molar-refractivity contribution in [3.05, 3.63) is 65.6 Å². The summed E-state index contributed by atoms with van der Waals surface area (Å²) in [4.78, 5) is 24.9. The molecule has 0 spiro atoms. The van der Waals surface area contributed by atoms with Crippen molar-refractivity contribution in [3.8, 4) is 0 Å². The highest BCUT2D eigenvalue weighted by atomic mass is 79.9. The van der Waals surface area contributed by atoms with Gasteiger partial charge in [0.15, 0.2) is 0 Å². The molecule has 0 fully saturated rings. The lowest BCUT2D eigenvalue weighted by molar-refractivity contribution is 0.618. The van der Waals surface area contributed by atoms with Gasteiger partial charge in [-0.05, 0) is 49.6 Å². The van der Waals surface area contributed by atoms with Crippen LogP contribution in [0, 0.1) is 5.82 Å². The molecule has 0 aliphatic carbocycles. The second-order valence-electron chi connectivity index (χ2n) is 3.61. The number of aromatic nitrogens is 2. The Hall–Kier alpha value is -1.21. The van der Waals surface area contributed by atoms with Crippen LogP contribution >= 0.6 is 31.9 Å². The van der Waals surface area contributed by atoms with Crippen molar-refractivity contribution < 1.29 is 4.39 Å². The fourth-order valence-electron chi connectivity index (χ4n) is 1.43. The molecular formula is C11H7Br2FN2O2. The van der Waals surface area contributed by atoms with E-state index < -0.39 is 11.2 Å². The summed E-state index contributed by atoms with van der Waals surface area (Å²) in [6.45, 7) is 0.243. The number of benzene rings is 1. The topological polar surface area (TPSA) is 54.9 Å². The number of rotatable bonds is 2. The number of halogens is 3. The lowest BCUT2D eigenvalue weighted by Crippen LogP contribution is -2.30. The van der Waals surface area contributed by atoms with E-state index in [9.17, 15) is 14.0 Å². The van der Waals surface area contributed by atoms with Crippen LogP contribution in [0.3, 0.4) is 0 Å². The van der Waals surface area contributed by atoms with E-state index in [0.29, 0.717) is 4.47 Å². The number of aromatic amines is 1. The molecule has 0 aliphatic rings. The molecule has 0 radical (unpaired) electrons. The summed E-state index contributed by atoms with van der Waals surface area (Å²) in [6, 6.07) is 4.47. The lowest BCUT2D eigenvalue weighted by atomic mass is 10.2. The van der Waals surface area contributed by atoms with Gasteiger partial charge in [0.1, 0.15) is 5.82 Å². The first-order chi connectivity index (χ1) is 8.47. The minimum Gasteiger partial charge on any atom is -0.295 e. The normalized spacial score (nSPS) is 10.6. The van der Waals surface area contributed by atoms with E-state index in [1.165, 1.54) is 16.8 Å². The Morgan fingerprint density at radius 3 is 2.61 bits per heavy atom. The largest absolute Gasteiger partial charge is 0.328 e. The summed E-state index contributed by atoms with van der Waals surface area (Å²) < 4.78 is 15.0. The third-order valence-corrected chi connectivity index (χ3v) is 3.48. The van der Waals surface area contributed by atoms with Crippen LogP contribution in [-0.2, 0) is 6.54 Å². The quantitative estimate of drug-likeness (QED) is 0.872. The number of hydrogen-bond acceptors (Lipinski definition) is 2. The molecule has 0 unspecified atom stereocenters. The van der Waals surface area contributed by atoms with Gasteiger partial charge in [0.2, 0.25) is 0 Å². The zero-order chi connectivity index (χ0) is 13.3. The van der Waals surface area contributed by atoms with Crippen molar-refractivity contribution in [3.63, 3.8) is 0 Å². The molecular weight excluding hydrogens is 371 g/mol. The third-order valence-electron chi connectivity index (χ3n) is 2.30. The first-order valence-electron chi connectivity index (χ1n) is 4.90. The highest BCUT2D eigenvalue weighted by Crippen LogP contribution is 2.17. The van der Waals surface area contributed by atoms with Crippen molar-refractivity contribution in [1.82, 2.24) is 9.55 Å². The molecule has 7 heteroatoms. The summed E-state index contributed by atoms with van der Waals surface area (Å²) in [7, 11) is 0. The molecule has 0 amide bonds. The summed E-state index contributed by atoms with van der Waals surface area (Å²) in [5, 5.41) is 0. The molecule has 2 rings (SSSR count). The fraction of sp³-hybridized carbons (Fsp3) is 0.0909. The van der Waals surface area contributed by atoms with Crippen LogP contribution in [0.2, 0.25) is 0 Å². The Bertz CT molecular complexity index is 709. The van der Waals surface area contributed by atoms with Gasteiger partial charge >= 0.3 is 5.69 Å². The summed E-state index contributed by atoms with van der Waals surface area (Å²) >= 11 is 6.12.